The maximum atomic E-state index is 12.6. The van der Waals surface area contributed by atoms with Crippen LogP contribution in [0.5, 0.6) is 5.75 Å². The van der Waals surface area contributed by atoms with Gasteiger partial charge in [-0.3, -0.25) is 9.59 Å². The molecule has 0 heterocycles. The Balaban J connectivity index is 1.67. The van der Waals surface area contributed by atoms with Gasteiger partial charge < -0.3 is 10.1 Å². The van der Waals surface area contributed by atoms with E-state index in [1.54, 1.807) is 24.3 Å². The molecule has 8 heteroatoms. The second-order valence-corrected chi connectivity index (χ2v) is 6.31. The number of ether oxygens (including phenoxy) is 1. The summed E-state index contributed by atoms with van der Waals surface area (Å²) in [5.74, 6) is 4.78. The van der Waals surface area contributed by atoms with Crippen molar-refractivity contribution in [1.29, 1.82) is 0 Å². The molecule has 1 N–H and O–H groups in total. The molecule has 0 aliphatic rings. The van der Waals surface area contributed by atoms with E-state index in [-0.39, 0.29) is 43.4 Å². The Morgan fingerprint density at radius 1 is 1.03 bits per heavy atom. The molecule has 2 aromatic carbocycles. The molecular weight excluding hydrogens is 407 g/mol. The molecule has 0 radical (unpaired) electrons. The predicted octanol–water partition coefficient (Wildman–Crippen LogP) is 4.52. The van der Waals surface area contributed by atoms with E-state index in [1.165, 1.54) is 12.1 Å². The van der Waals surface area contributed by atoms with Crippen molar-refractivity contribution >= 4 is 23.3 Å². The van der Waals surface area contributed by atoms with Crippen molar-refractivity contribution in [3.8, 4) is 17.6 Å². The zero-order valence-electron chi connectivity index (χ0n) is 15.2. The summed E-state index contributed by atoms with van der Waals surface area (Å²) < 4.78 is 43.0. The second kappa shape index (κ2) is 10.5. The first-order valence-corrected chi connectivity index (χ1v) is 8.95. The quantitative estimate of drug-likeness (QED) is 0.526. The SMILES string of the molecule is O=C(CCC(=O)c1ccc(Cl)cc1)NCC#CCOc1cccc(C(F)(F)F)c1. The maximum absolute atomic E-state index is 12.6. The van der Waals surface area contributed by atoms with Gasteiger partial charge in [0, 0.05) is 23.4 Å². The highest BCUT2D eigenvalue weighted by atomic mass is 35.5. The van der Waals surface area contributed by atoms with Gasteiger partial charge in [0.1, 0.15) is 12.4 Å². The molecule has 2 rings (SSSR count). The average Bonchev–Trinajstić information content (AvgIpc) is 2.69. The van der Waals surface area contributed by atoms with Gasteiger partial charge in [0.15, 0.2) is 5.78 Å². The van der Waals surface area contributed by atoms with Crippen LogP contribution in [-0.4, -0.2) is 24.8 Å². The Morgan fingerprint density at radius 3 is 2.45 bits per heavy atom. The van der Waals surface area contributed by atoms with Gasteiger partial charge in [0.25, 0.3) is 0 Å². The minimum absolute atomic E-state index is 0.0177. The Kier molecular flexibility index (Phi) is 8.10. The number of carbonyl (C=O) groups excluding carboxylic acids is 2. The van der Waals surface area contributed by atoms with Crippen molar-refractivity contribution in [3.63, 3.8) is 0 Å². The van der Waals surface area contributed by atoms with E-state index >= 15 is 0 Å². The first kappa shape index (κ1) is 22.3. The van der Waals surface area contributed by atoms with Crippen LogP contribution in [0.25, 0.3) is 0 Å². The zero-order chi connectivity index (χ0) is 21.3. The van der Waals surface area contributed by atoms with Crippen LogP contribution >= 0.6 is 11.6 Å². The van der Waals surface area contributed by atoms with Crippen LogP contribution in [0, 0.1) is 11.8 Å². The number of Topliss-reactive ketones (excluding diaryl/α,β-unsaturated/α-hetero) is 1. The molecule has 0 unspecified atom stereocenters. The summed E-state index contributed by atoms with van der Waals surface area (Å²) in [6, 6.07) is 10.9. The summed E-state index contributed by atoms with van der Waals surface area (Å²) in [6.45, 7) is -0.0772. The van der Waals surface area contributed by atoms with Crippen molar-refractivity contribution in [2.45, 2.75) is 19.0 Å². The highest BCUT2D eigenvalue weighted by molar-refractivity contribution is 6.30. The molecular formula is C21H17ClF3NO3. The summed E-state index contributed by atoms with van der Waals surface area (Å²) in [5, 5.41) is 3.06. The van der Waals surface area contributed by atoms with E-state index < -0.39 is 11.7 Å². The van der Waals surface area contributed by atoms with Gasteiger partial charge in [-0.15, -0.1) is 0 Å². The van der Waals surface area contributed by atoms with Gasteiger partial charge in [0.05, 0.1) is 12.1 Å². The second-order valence-electron chi connectivity index (χ2n) is 5.87. The van der Waals surface area contributed by atoms with E-state index in [1.807, 2.05) is 0 Å². The van der Waals surface area contributed by atoms with Gasteiger partial charge in [0.2, 0.25) is 5.91 Å². The predicted molar refractivity (Wildman–Crippen MR) is 103 cm³/mol. The van der Waals surface area contributed by atoms with Crippen LogP contribution in [0.15, 0.2) is 48.5 Å². The van der Waals surface area contributed by atoms with E-state index in [0.29, 0.717) is 10.6 Å². The third kappa shape index (κ3) is 7.88. The van der Waals surface area contributed by atoms with Crippen molar-refractivity contribution in [1.82, 2.24) is 5.32 Å². The summed E-state index contributed by atoms with van der Waals surface area (Å²) in [4.78, 5) is 23.7. The van der Waals surface area contributed by atoms with Gasteiger partial charge in [-0.2, -0.15) is 13.2 Å². The van der Waals surface area contributed by atoms with E-state index in [0.717, 1.165) is 12.1 Å². The molecule has 0 aliphatic heterocycles. The normalized spacial score (nSPS) is 10.6. The lowest BCUT2D eigenvalue weighted by atomic mass is 10.1. The molecule has 0 bridgehead atoms. The Bertz CT molecular complexity index is 915. The van der Waals surface area contributed by atoms with Gasteiger partial charge in [-0.25, -0.2) is 0 Å². The number of hydrogen-bond donors (Lipinski definition) is 1. The lowest BCUT2D eigenvalue weighted by Gasteiger charge is -2.08. The molecule has 0 spiro atoms. The average molecular weight is 424 g/mol. The molecule has 1 amide bonds. The van der Waals surface area contributed by atoms with Gasteiger partial charge in [-0.05, 0) is 42.5 Å². The minimum atomic E-state index is -4.44. The number of hydrogen-bond acceptors (Lipinski definition) is 3. The fraction of sp³-hybridized carbons (Fsp3) is 0.238. The number of rotatable bonds is 7. The highest BCUT2D eigenvalue weighted by Crippen LogP contribution is 2.31. The molecule has 152 valence electrons. The fourth-order valence-corrected chi connectivity index (χ4v) is 2.36. The summed E-state index contributed by atoms with van der Waals surface area (Å²) in [5.41, 5.74) is -0.322. The Morgan fingerprint density at radius 2 is 1.76 bits per heavy atom. The molecule has 0 saturated heterocycles. The number of alkyl halides is 3. The standard InChI is InChI=1S/C21H17ClF3NO3/c22-17-8-6-15(7-9-17)19(27)10-11-20(28)26-12-1-2-13-29-18-5-3-4-16(14-18)21(23,24)25/h3-9,14H,10-13H2,(H,26,28). The Labute approximate surface area is 171 Å². The van der Waals surface area contributed by atoms with Crippen molar-refractivity contribution in [2.75, 3.05) is 13.2 Å². The summed E-state index contributed by atoms with van der Waals surface area (Å²) in [7, 11) is 0. The lowest BCUT2D eigenvalue weighted by molar-refractivity contribution is -0.137. The molecule has 4 nitrogen and oxygen atoms in total. The largest absolute Gasteiger partial charge is 0.481 e. The first-order valence-electron chi connectivity index (χ1n) is 8.57. The monoisotopic (exact) mass is 423 g/mol. The van der Waals surface area contributed by atoms with Crippen LogP contribution in [-0.2, 0) is 11.0 Å². The molecule has 0 fully saturated rings. The molecule has 0 aromatic heterocycles. The van der Waals surface area contributed by atoms with Crippen LogP contribution in [0.2, 0.25) is 5.02 Å². The third-order valence-corrected chi connectivity index (χ3v) is 3.97. The number of benzene rings is 2. The van der Waals surface area contributed by atoms with Crippen molar-refractivity contribution < 1.29 is 27.5 Å². The van der Waals surface area contributed by atoms with Gasteiger partial charge in [-0.1, -0.05) is 29.5 Å². The van der Waals surface area contributed by atoms with Crippen LogP contribution < -0.4 is 10.1 Å². The number of halogens is 4. The molecule has 0 saturated carbocycles. The van der Waals surface area contributed by atoms with Gasteiger partial charge >= 0.3 is 6.18 Å². The van der Waals surface area contributed by atoms with Crippen molar-refractivity contribution in [3.05, 3.63) is 64.7 Å². The number of nitrogens with one attached hydrogen (secondary N) is 1. The number of carbonyl (C=O) groups is 2. The fourth-order valence-electron chi connectivity index (χ4n) is 2.23. The van der Waals surface area contributed by atoms with Crippen LogP contribution in [0.4, 0.5) is 13.2 Å². The van der Waals surface area contributed by atoms with E-state index in [9.17, 15) is 22.8 Å². The summed E-state index contributed by atoms with van der Waals surface area (Å²) >= 11 is 5.75. The molecule has 29 heavy (non-hydrogen) atoms. The third-order valence-electron chi connectivity index (χ3n) is 3.72. The molecule has 0 atom stereocenters. The van der Waals surface area contributed by atoms with E-state index in [4.69, 9.17) is 16.3 Å². The molecule has 2 aromatic rings. The zero-order valence-corrected chi connectivity index (χ0v) is 15.9. The Hall–Kier alpha value is -2.98. The van der Waals surface area contributed by atoms with E-state index in [2.05, 4.69) is 17.2 Å². The van der Waals surface area contributed by atoms with Crippen LogP contribution in [0.1, 0.15) is 28.8 Å². The smallest absolute Gasteiger partial charge is 0.416 e. The molecule has 0 aliphatic carbocycles. The highest BCUT2D eigenvalue weighted by Gasteiger charge is 2.30. The first-order chi connectivity index (χ1) is 13.8. The van der Waals surface area contributed by atoms with Crippen LogP contribution in [0.3, 0.4) is 0 Å². The number of ketones is 1. The maximum Gasteiger partial charge on any atom is 0.416 e. The lowest BCUT2D eigenvalue weighted by Crippen LogP contribution is -2.24. The topological polar surface area (TPSA) is 55.4 Å². The number of amides is 1. The summed E-state index contributed by atoms with van der Waals surface area (Å²) in [6.07, 6.45) is -4.37. The minimum Gasteiger partial charge on any atom is -0.481 e. The van der Waals surface area contributed by atoms with Crippen molar-refractivity contribution in [2.24, 2.45) is 0 Å².